The number of nitrogens with zero attached hydrogens (tertiary/aromatic N) is 2. The maximum absolute atomic E-state index is 12.3. The van der Waals surface area contributed by atoms with Crippen LogP contribution in [0.2, 0.25) is 0 Å². The van der Waals surface area contributed by atoms with Crippen molar-refractivity contribution in [2.75, 3.05) is 32.7 Å². The fraction of sp³-hybridized carbons (Fsp3) is 0.667. The van der Waals surface area contributed by atoms with E-state index in [9.17, 15) is 4.79 Å². The number of piperazine rings is 1. The van der Waals surface area contributed by atoms with E-state index in [0.29, 0.717) is 18.4 Å². The van der Waals surface area contributed by atoms with Crippen LogP contribution in [0.3, 0.4) is 0 Å². The van der Waals surface area contributed by atoms with E-state index < -0.39 is 0 Å². The van der Waals surface area contributed by atoms with Gasteiger partial charge in [0.05, 0.1) is 3.79 Å². The van der Waals surface area contributed by atoms with Gasteiger partial charge in [-0.05, 0) is 47.4 Å². The molecule has 0 spiro atoms. The van der Waals surface area contributed by atoms with Crippen molar-refractivity contribution < 1.29 is 4.79 Å². The first-order chi connectivity index (χ1) is 10.2. The molecule has 1 amide bonds. The van der Waals surface area contributed by atoms with Gasteiger partial charge in [-0.2, -0.15) is 0 Å². The molecule has 8 heteroatoms. The number of thiophene rings is 1. The number of hydrogen-bond acceptors (Lipinski definition) is 4. The van der Waals surface area contributed by atoms with E-state index in [0.717, 1.165) is 45.7 Å². The molecule has 23 heavy (non-hydrogen) atoms. The zero-order valence-corrected chi connectivity index (χ0v) is 17.0. The van der Waals surface area contributed by atoms with Gasteiger partial charge in [-0.25, -0.2) is 0 Å². The van der Waals surface area contributed by atoms with Gasteiger partial charge in [0.15, 0.2) is 0 Å². The molecule has 0 bridgehead atoms. The summed E-state index contributed by atoms with van der Waals surface area (Å²) in [5.41, 5.74) is 0. The molecule has 0 saturated carbocycles. The maximum atomic E-state index is 12.3. The van der Waals surface area contributed by atoms with Crippen LogP contribution in [0.25, 0.3) is 0 Å². The molecule has 2 aliphatic rings. The highest BCUT2D eigenvalue weighted by Crippen LogP contribution is 2.23. The number of carbonyl (C=O) groups is 1. The molecule has 4 nitrogen and oxygen atoms in total. The molecule has 3 rings (SSSR count). The van der Waals surface area contributed by atoms with E-state index >= 15 is 0 Å². The molecule has 0 radical (unpaired) electrons. The highest BCUT2D eigenvalue weighted by atomic mass is 79.9. The van der Waals surface area contributed by atoms with Crippen LogP contribution in [-0.2, 0) is 11.3 Å². The first-order valence-corrected chi connectivity index (χ1v) is 9.29. The number of rotatable bonds is 4. The Morgan fingerprint density at radius 3 is 2.57 bits per heavy atom. The summed E-state index contributed by atoms with van der Waals surface area (Å²) in [6, 6.07) is 4.70. The van der Waals surface area contributed by atoms with Gasteiger partial charge in [0.25, 0.3) is 0 Å². The van der Waals surface area contributed by atoms with Crippen molar-refractivity contribution in [1.29, 1.82) is 0 Å². The second-order valence-electron chi connectivity index (χ2n) is 5.86. The van der Waals surface area contributed by atoms with Crippen LogP contribution in [-0.4, -0.2) is 54.5 Å². The predicted octanol–water partition coefficient (Wildman–Crippen LogP) is 3.14. The van der Waals surface area contributed by atoms with Crippen LogP contribution < -0.4 is 5.32 Å². The second-order valence-corrected chi connectivity index (χ2v) is 8.41. The van der Waals surface area contributed by atoms with Crippen LogP contribution in [0.4, 0.5) is 0 Å². The third kappa shape index (κ3) is 6.18. The Bertz CT molecular complexity index is 489. The normalized spacial score (nSPS) is 21.6. The molecule has 1 unspecified atom stereocenters. The van der Waals surface area contributed by atoms with E-state index in [1.54, 1.807) is 11.3 Å². The smallest absolute Gasteiger partial charge is 0.224 e. The Morgan fingerprint density at radius 1 is 1.26 bits per heavy atom. The van der Waals surface area contributed by atoms with E-state index in [2.05, 4.69) is 38.3 Å². The summed E-state index contributed by atoms with van der Waals surface area (Å²) < 4.78 is 1.19. The second kappa shape index (κ2) is 10.2. The molecular formula is C15H24BrCl2N3OS. The molecule has 2 fully saturated rings. The molecule has 132 valence electrons. The summed E-state index contributed by atoms with van der Waals surface area (Å²) in [7, 11) is 0. The van der Waals surface area contributed by atoms with Crippen molar-refractivity contribution in [3.05, 3.63) is 20.8 Å². The van der Waals surface area contributed by atoms with Crippen LogP contribution in [0.15, 0.2) is 15.9 Å². The van der Waals surface area contributed by atoms with Gasteiger partial charge in [-0.3, -0.25) is 9.69 Å². The molecule has 2 aliphatic heterocycles. The lowest BCUT2D eigenvalue weighted by atomic mass is 10.1. The SMILES string of the molecule is Cl.Cl.O=C(CC1CCCN1)N1CCN(Cc2ccc(Br)s2)CC1. The van der Waals surface area contributed by atoms with E-state index in [1.807, 2.05) is 4.90 Å². The van der Waals surface area contributed by atoms with E-state index in [4.69, 9.17) is 0 Å². The Morgan fingerprint density at radius 2 is 2.00 bits per heavy atom. The van der Waals surface area contributed by atoms with E-state index in [-0.39, 0.29) is 24.8 Å². The lowest BCUT2D eigenvalue weighted by Crippen LogP contribution is -2.49. The van der Waals surface area contributed by atoms with Crippen LogP contribution in [0.5, 0.6) is 0 Å². The first-order valence-electron chi connectivity index (χ1n) is 7.68. The van der Waals surface area contributed by atoms with Gasteiger partial charge in [-0.1, -0.05) is 0 Å². The van der Waals surface area contributed by atoms with Crippen molar-refractivity contribution in [1.82, 2.24) is 15.1 Å². The molecule has 3 heterocycles. The average molecular weight is 445 g/mol. The van der Waals surface area contributed by atoms with Crippen molar-refractivity contribution in [2.45, 2.75) is 31.8 Å². The maximum Gasteiger partial charge on any atom is 0.224 e. The lowest BCUT2D eigenvalue weighted by molar-refractivity contribution is -0.133. The number of nitrogens with one attached hydrogen (secondary N) is 1. The number of carbonyl (C=O) groups excluding carboxylic acids is 1. The fourth-order valence-electron chi connectivity index (χ4n) is 3.08. The molecule has 1 atom stereocenters. The molecular weight excluding hydrogens is 421 g/mol. The van der Waals surface area contributed by atoms with E-state index in [1.165, 1.54) is 15.1 Å². The Hall–Kier alpha value is 0.150. The topological polar surface area (TPSA) is 35.6 Å². The van der Waals surface area contributed by atoms with Crippen LogP contribution in [0.1, 0.15) is 24.1 Å². The zero-order chi connectivity index (χ0) is 14.7. The van der Waals surface area contributed by atoms with Gasteiger partial charge in [0.2, 0.25) is 5.91 Å². The minimum absolute atomic E-state index is 0. The van der Waals surface area contributed by atoms with Gasteiger partial charge in [0, 0.05) is 50.1 Å². The highest BCUT2D eigenvalue weighted by molar-refractivity contribution is 9.11. The molecule has 0 aromatic carbocycles. The van der Waals surface area contributed by atoms with Crippen molar-refractivity contribution >= 4 is 58.0 Å². The van der Waals surface area contributed by atoms with Gasteiger partial charge < -0.3 is 10.2 Å². The van der Waals surface area contributed by atoms with Crippen LogP contribution >= 0.6 is 52.1 Å². The third-order valence-corrected chi connectivity index (χ3v) is 5.93. The van der Waals surface area contributed by atoms with Crippen molar-refractivity contribution in [3.63, 3.8) is 0 Å². The summed E-state index contributed by atoms with van der Waals surface area (Å²) >= 11 is 5.30. The predicted molar refractivity (Wildman–Crippen MR) is 104 cm³/mol. The number of amides is 1. The number of halogens is 3. The fourth-order valence-corrected chi connectivity index (χ4v) is 4.61. The standard InChI is InChI=1S/C15H22BrN3OS.2ClH/c16-14-4-3-13(21-14)11-18-6-8-19(9-7-18)15(20)10-12-2-1-5-17-12;;/h3-4,12,17H,1-2,5-11H2;2*1H. The van der Waals surface area contributed by atoms with Gasteiger partial charge in [-0.15, -0.1) is 36.2 Å². The number of hydrogen-bond donors (Lipinski definition) is 1. The molecule has 2 saturated heterocycles. The van der Waals surface area contributed by atoms with Crippen molar-refractivity contribution in [3.8, 4) is 0 Å². The van der Waals surface area contributed by atoms with Crippen molar-refractivity contribution in [2.24, 2.45) is 0 Å². The van der Waals surface area contributed by atoms with Gasteiger partial charge >= 0.3 is 0 Å². The zero-order valence-electron chi connectivity index (χ0n) is 13.0. The molecule has 1 N–H and O–H groups in total. The third-order valence-electron chi connectivity index (χ3n) is 4.32. The quantitative estimate of drug-likeness (QED) is 0.774. The molecule has 0 aliphatic carbocycles. The summed E-state index contributed by atoms with van der Waals surface area (Å²) in [6.45, 7) is 5.79. The molecule has 1 aromatic rings. The lowest BCUT2D eigenvalue weighted by Gasteiger charge is -2.35. The Balaban J connectivity index is 0.00000132. The highest BCUT2D eigenvalue weighted by Gasteiger charge is 2.24. The average Bonchev–Trinajstić information content (AvgIpc) is 3.12. The Labute approximate surface area is 162 Å². The summed E-state index contributed by atoms with van der Waals surface area (Å²) in [5.74, 6) is 0.327. The van der Waals surface area contributed by atoms with Crippen LogP contribution in [0, 0.1) is 0 Å². The minimum atomic E-state index is 0. The largest absolute Gasteiger partial charge is 0.340 e. The first kappa shape index (κ1) is 21.2. The van der Waals surface area contributed by atoms with Gasteiger partial charge in [0.1, 0.15) is 0 Å². The summed E-state index contributed by atoms with van der Waals surface area (Å²) in [6.07, 6.45) is 3.04. The monoisotopic (exact) mass is 443 g/mol. The Kier molecular flexibility index (Phi) is 9.41. The summed E-state index contributed by atoms with van der Waals surface area (Å²) in [4.78, 5) is 18.2. The summed E-state index contributed by atoms with van der Waals surface area (Å²) in [5, 5.41) is 3.41. The minimum Gasteiger partial charge on any atom is -0.340 e. The molecule has 1 aromatic heterocycles.